The molecule has 1 aliphatic heterocycles. The minimum absolute atomic E-state index is 0.220. The monoisotopic (exact) mass is 283 g/mol. The summed E-state index contributed by atoms with van der Waals surface area (Å²) in [7, 11) is 2.05. The van der Waals surface area contributed by atoms with Gasteiger partial charge in [-0.05, 0) is 36.4 Å². The van der Waals surface area contributed by atoms with E-state index in [2.05, 4.69) is 21.8 Å². The van der Waals surface area contributed by atoms with E-state index in [9.17, 15) is 0 Å². The van der Waals surface area contributed by atoms with E-state index in [0.717, 1.165) is 29.1 Å². The maximum absolute atomic E-state index is 5.99. The SMILES string of the molecule is CC1OCCC1N(C)c1nc(Cl)nc2sccc12. The van der Waals surface area contributed by atoms with Crippen molar-refractivity contribution in [3.05, 3.63) is 16.7 Å². The second-order valence-corrected chi connectivity index (χ2v) is 5.73. The average Bonchev–Trinajstić information content (AvgIpc) is 2.95. The number of thiophene rings is 1. The van der Waals surface area contributed by atoms with E-state index in [-0.39, 0.29) is 6.10 Å². The molecule has 1 saturated heterocycles. The Labute approximate surface area is 115 Å². The molecule has 96 valence electrons. The van der Waals surface area contributed by atoms with Gasteiger partial charge in [0, 0.05) is 13.7 Å². The van der Waals surface area contributed by atoms with Crippen molar-refractivity contribution in [2.75, 3.05) is 18.6 Å². The largest absolute Gasteiger partial charge is 0.376 e. The highest BCUT2D eigenvalue weighted by Crippen LogP contribution is 2.31. The second kappa shape index (κ2) is 4.64. The van der Waals surface area contributed by atoms with E-state index in [1.54, 1.807) is 11.3 Å². The van der Waals surface area contributed by atoms with Crippen LogP contribution in [0.4, 0.5) is 5.82 Å². The van der Waals surface area contributed by atoms with E-state index in [1.807, 2.05) is 18.5 Å². The number of hydrogen-bond donors (Lipinski definition) is 0. The van der Waals surface area contributed by atoms with Crippen molar-refractivity contribution in [1.82, 2.24) is 9.97 Å². The third-order valence-corrected chi connectivity index (χ3v) is 4.42. The van der Waals surface area contributed by atoms with Crippen LogP contribution in [0.15, 0.2) is 11.4 Å². The van der Waals surface area contributed by atoms with Gasteiger partial charge in [-0.2, -0.15) is 4.98 Å². The quantitative estimate of drug-likeness (QED) is 0.794. The molecule has 3 heterocycles. The number of ether oxygens (including phenoxy) is 1. The summed E-state index contributed by atoms with van der Waals surface area (Å²) >= 11 is 7.58. The van der Waals surface area contributed by atoms with Gasteiger partial charge in [0.25, 0.3) is 0 Å². The van der Waals surface area contributed by atoms with Crippen molar-refractivity contribution in [3.63, 3.8) is 0 Å². The lowest BCUT2D eigenvalue weighted by atomic mass is 10.1. The zero-order valence-electron chi connectivity index (χ0n) is 10.3. The Balaban J connectivity index is 2.04. The van der Waals surface area contributed by atoms with Gasteiger partial charge in [0.05, 0.1) is 17.5 Å². The molecule has 4 nitrogen and oxygen atoms in total. The van der Waals surface area contributed by atoms with E-state index < -0.39 is 0 Å². The van der Waals surface area contributed by atoms with Crippen LogP contribution in [0, 0.1) is 0 Å². The normalized spacial score (nSPS) is 23.7. The maximum Gasteiger partial charge on any atom is 0.225 e. The van der Waals surface area contributed by atoms with Crippen LogP contribution in [-0.4, -0.2) is 35.8 Å². The molecular formula is C12H14ClN3OS. The first-order valence-corrected chi connectivity index (χ1v) is 7.18. The van der Waals surface area contributed by atoms with Gasteiger partial charge in [0.15, 0.2) is 0 Å². The Bertz CT molecular complexity index is 573. The molecule has 2 aromatic heterocycles. The maximum atomic E-state index is 5.99. The third-order valence-electron chi connectivity index (χ3n) is 3.45. The predicted octanol–water partition coefficient (Wildman–Crippen LogP) is 2.96. The lowest BCUT2D eigenvalue weighted by molar-refractivity contribution is 0.118. The summed E-state index contributed by atoms with van der Waals surface area (Å²) in [5.74, 6) is 0.897. The van der Waals surface area contributed by atoms with Crippen LogP contribution in [-0.2, 0) is 4.74 Å². The number of hydrogen-bond acceptors (Lipinski definition) is 5. The average molecular weight is 284 g/mol. The number of rotatable bonds is 2. The fourth-order valence-electron chi connectivity index (χ4n) is 2.47. The Morgan fingerprint density at radius 3 is 3.06 bits per heavy atom. The van der Waals surface area contributed by atoms with Crippen LogP contribution >= 0.6 is 22.9 Å². The highest BCUT2D eigenvalue weighted by atomic mass is 35.5. The topological polar surface area (TPSA) is 38.2 Å². The summed E-state index contributed by atoms with van der Waals surface area (Å²) in [5.41, 5.74) is 0. The van der Waals surface area contributed by atoms with Gasteiger partial charge in [-0.25, -0.2) is 4.98 Å². The molecular weight excluding hydrogens is 270 g/mol. The fourth-order valence-corrected chi connectivity index (χ4v) is 3.44. The molecule has 0 radical (unpaired) electrons. The molecule has 2 atom stereocenters. The van der Waals surface area contributed by atoms with Gasteiger partial charge in [0.1, 0.15) is 10.6 Å². The summed E-state index contributed by atoms with van der Waals surface area (Å²) in [6.07, 6.45) is 1.24. The van der Waals surface area contributed by atoms with Crippen LogP contribution in [0.25, 0.3) is 10.2 Å². The molecule has 3 rings (SSSR count). The van der Waals surface area contributed by atoms with Crippen molar-refractivity contribution in [3.8, 4) is 0 Å². The fraction of sp³-hybridized carbons (Fsp3) is 0.500. The van der Waals surface area contributed by atoms with E-state index in [4.69, 9.17) is 16.3 Å². The van der Waals surface area contributed by atoms with Gasteiger partial charge in [-0.15, -0.1) is 11.3 Å². The number of nitrogens with zero attached hydrogens (tertiary/aromatic N) is 3. The van der Waals surface area contributed by atoms with Crippen molar-refractivity contribution < 1.29 is 4.74 Å². The molecule has 0 spiro atoms. The second-order valence-electron chi connectivity index (χ2n) is 4.50. The van der Waals surface area contributed by atoms with Crippen LogP contribution < -0.4 is 4.90 Å². The van der Waals surface area contributed by atoms with Crippen molar-refractivity contribution in [2.45, 2.75) is 25.5 Å². The van der Waals surface area contributed by atoms with Gasteiger partial charge in [0.2, 0.25) is 5.28 Å². The smallest absolute Gasteiger partial charge is 0.225 e. The number of likely N-dealkylation sites (N-methyl/N-ethyl adjacent to an activating group) is 1. The third kappa shape index (κ3) is 1.96. The lowest BCUT2D eigenvalue weighted by Crippen LogP contribution is -2.37. The summed E-state index contributed by atoms with van der Waals surface area (Å²) in [4.78, 5) is 11.7. The number of aromatic nitrogens is 2. The molecule has 0 bridgehead atoms. The van der Waals surface area contributed by atoms with Gasteiger partial charge < -0.3 is 9.64 Å². The van der Waals surface area contributed by atoms with E-state index >= 15 is 0 Å². The van der Waals surface area contributed by atoms with Crippen molar-refractivity contribution in [1.29, 1.82) is 0 Å². The first-order valence-electron chi connectivity index (χ1n) is 5.92. The predicted molar refractivity (Wildman–Crippen MR) is 74.6 cm³/mol. The van der Waals surface area contributed by atoms with Crippen molar-refractivity contribution >= 4 is 39.0 Å². The summed E-state index contributed by atoms with van der Waals surface area (Å²) in [6.45, 7) is 2.91. The molecule has 1 aliphatic rings. The Morgan fingerprint density at radius 1 is 1.50 bits per heavy atom. The summed E-state index contributed by atoms with van der Waals surface area (Å²) in [6, 6.07) is 2.39. The number of fused-ring (bicyclic) bond motifs is 1. The van der Waals surface area contributed by atoms with E-state index in [0.29, 0.717) is 11.3 Å². The molecule has 0 saturated carbocycles. The van der Waals surface area contributed by atoms with Crippen molar-refractivity contribution in [2.24, 2.45) is 0 Å². The van der Waals surface area contributed by atoms with Crippen LogP contribution in [0.5, 0.6) is 0 Å². The summed E-state index contributed by atoms with van der Waals surface area (Å²) in [5, 5.41) is 3.38. The Hall–Kier alpha value is -0.910. The molecule has 0 aromatic carbocycles. The van der Waals surface area contributed by atoms with Crippen LogP contribution in [0.2, 0.25) is 5.28 Å². The molecule has 0 amide bonds. The van der Waals surface area contributed by atoms with Gasteiger partial charge in [-0.1, -0.05) is 0 Å². The molecule has 18 heavy (non-hydrogen) atoms. The van der Waals surface area contributed by atoms with Crippen LogP contribution in [0.1, 0.15) is 13.3 Å². The summed E-state index contributed by atoms with van der Waals surface area (Å²) < 4.78 is 5.62. The molecule has 0 aliphatic carbocycles. The number of halogens is 1. The van der Waals surface area contributed by atoms with Gasteiger partial charge in [-0.3, -0.25) is 0 Å². The minimum atomic E-state index is 0.220. The standard InChI is InChI=1S/C12H14ClN3OS/c1-7-9(3-5-17-7)16(2)10-8-4-6-18-11(8)15-12(13)14-10/h4,6-7,9H,3,5H2,1-2H3. The number of anilines is 1. The molecule has 1 fully saturated rings. The molecule has 2 unspecified atom stereocenters. The highest BCUT2D eigenvalue weighted by molar-refractivity contribution is 7.16. The molecule has 2 aromatic rings. The highest BCUT2D eigenvalue weighted by Gasteiger charge is 2.29. The zero-order valence-corrected chi connectivity index (χ0v) is 11.8. The minimum Gasteiger partial charge on any atom is -0.376 e. The van der Waals surface area contributed by atoms with E-state index in [1.165, 1.54) is 0 Å². The zero-order chi connectivity index (χ0) is 12.7. The Morgan fingerprint density at radius 2 is 2.33 bits per heavy atom. The van der Waals surface area contributed by atoms with Crippen LogP contribution in [0.3, 0.4) is 0 Å². The first-order chi connectivity index (χ1) is 8.66. The lowest BCUT2D eigenvalue weighted by Gasteiger charge is -2.28. The first kappa shape index (κ1) is 12.1. The Kier molecular flexibility index (Phi) is 3.13. The molecule has 6 heteroatoms. The van der Waals surface area contributed by atoms with Gasteiger partial charge >= 0.3 is 0 Å². The molecule has 0 N–H and O–H groups in total.